The van der Waals surface area contributed by atoms with Gasteiger partial charge in [-0.15, -0.1) is 0 Å². The first-order valence-corrected chi connectivity index (χ1v) is 7.44. The number of hydrogen-bond donors (Lipinski definition) is 2. The zero-order chi connectivity index (χ0) is 14.2. The molecule has 0 bridgehead atoms. The number of rotatable bonds is 4. The molecule has 1 amide bonds. The number of amides is 1. The smallest absolute Gasteiger partial charge is 0.257 e. The van der Waals surface area contributed by atoms with Crippen molar-refractivity contribution in [2.45, 2.75) is 31.7 Å². The fourth-order valence-corrected chi connectivity index (χ4v) is 2.87. The highest BCUT2D eigenvalue weighted by molar-refractivity contribution is 6.30. The Hall–Kier alpha value is -1.55. The number of nitrogens with one attached hydrogen (secondary N) is 2. The Balaban J connectivity index is 1.97. The van der Waals surface area contributed by atoms with Crippen LogP contribution in [0, 0.1) is 5.92 Å². The summed E-state index contributed by atoms with van der Waals surface area (Å²) in [6.07, 6.45) is 3.08. The number of carbonyl (C=O) groups is 1. The topological polar surface area (TPSA) is 53.5 Å². The Morgan fingerprint density at radius 3 is 2.65 bits per heavy atom. The normalized spacial score (nSPS) is 27.5. The van der Waals surface area contributed by atoms with Gasteiger partial charge >= 0.3 is 0 Å². The second-order valence-corrected chi connectivity index (χ2v) is 5.84. The number of carbonyl (C=O) groups excluding carboxylic acids is 1. The van der Waals surface area contributed by atoms with Gasteiger partial charge in [0.15, 0.2) is 5.96 Å². The average Bonchev–Trinajstić information content (AvgIpc) is 3.23. The molecule has 0 spiro atoms. The van der Waals surface area contributed by atoms with Crippen molar-refractivity contribution >= 4 is 23.5 Å². The van der Waals surface area contributed by atoms with Crippen molar-refractivity contribution in [2.75, 3.05) is 6.54 Å². The molecule has 106 valence electrons. The van der Waals surface area contributed by atoms with Crippen molar-refractivity contribution in [3.63, 3.8) is 0 Å². The first-order valence-electron chi connectivity index (χ1n) is 7.07. The Labute approximate surface area is 123 Å². The highest BCUT2D eigenvalue weighted by Crippen LogP contribution is 2.47. The number of aliphatic imine (C=N–C) groups is 1. The summed E-state index contributed by atoms with van der Waals surface area (Å²) in [6.45, 7) is 2.78. The van der Waals surface area contributed by atoms with Gasteiger partial charge in [0, 0.05) is 11.6 Å². The van der Waals surface area contributed by atoms with Crippen LogP contribution in [0.4, 0.5) is 0 Å². The highest BCUT2D eigenvalue weighted by atomic mass is 35.5. The number of hydrogen-bond acceptors (Lipinski definition) is 2. The molecular formula is C15H18ClN3O. The second-order valence-electron chi connectivity index (χ2n) is 5.40. The largest absolute Gasteiger partial charge is 0.338 e. The molecule has 5 heteroatoms. The van der Waals surface area contributed by atoms with Crippen molar-refractivity contribution in [1.82, 2.24) is 10.6 Å². The molecule has 4 nitrogen and oxygen atoms in total. The van der Waals surface area contributed by atoms with Crippen molar-refractivity contribution in [3.05, 3.63) is 34.9 Å². The SMILES string of the molecule is CCCN=C1NC(=O)C(c2ccc(Cl)cc2)(C2CC2)N1. The third-order valence-corrected chi connectivity index (χ3v) is 4.14. The van der Waals surface area contributed by atoms with Gasteiger partial charge in [-0.3, -0.25) is 15.1 Å². The molecule has 2 aliphatic rings. The van der Waals surface area contributed by atoms with Gasteiger partial charge < -0.3 is 5.32 Å². The molecule has 2 N–H and O–H groups in total. The van der Waals surface area contributed by atoms with E-state index in [1.165, 1.54) is 0 Å². The zero-order valence-corrected chi connectivity index (χ0v) is 12.2. The summed E-state index contributed by atoms with van der Waals surface area (Å²) >= 11 is 5.95. The molecule has 3 rings (SSSR count). The van der Waals surface area contributed by atoms with Crippen LogP contribution in [-0.2, 0) is 10.3 Å². The highest BCUT2D eigenvalue weighted by Gasteiger charge is 2.56. The van der Waals surface area contributed by atoms with E-state index in [4.69, 9.17) is 11.6 Å². The monoisotopic (exact) mass is 291 g/mol. The molecule has 1 aromatic rings. The molecule has 0 aromatic heterocycles. The van der Waals surface area contributed by atoms with Crippen LogP contribution < -0.4 is 10.6 Å². The minimum atomic E-state index is -0.669. The fourth-order valence-electron chi connectivity index (χ4n) is 2.74. The van der Waals surface area contributed by atoms with Crippen LogP contribution >= 0.6 is 11.6 Å². The van der Waals surface area contributed by atoms with E-state index in [0.717, 1.165) is 24.8 Å². The summed E-state index contributed by atoms with van der Waals surface area (Å²) in [7, 11) is 0. The molecule has 0 radical (unpaired) electrons. The zero-order valence-electron chi connectivity index (χ0n) is 11.4. The second kappa shape index (κ2) is 5.09. The van der Waals surface area contributed by atoms with Gasteiger partial charge in [0.1, 0.15) is 5.54 Å². The van der Waals surface area contributed by atoms with E-state index in [-0.39, 0.29) is 5.91 Å². The number of halogens is 1. The van der Waals surface area contributed by atoms with E-state index in [1.807, 2.05) is 24.3 Å². The fraction of sp³-hybridized carbons (Fsp3) is 0.467. The van der Waals surface area contributed by atoms with Gasteiger partial charge in [0.25, 0.3) is 5.91 Å². The predicted molar refractivity (Wildman–Crippen MR) is 79.7 cm³/mol. The van der Waals surface area contributed by atoms with E-state index < -0.39 is 5.54 Å². The van der Waals surface area contributed by atoms with Crippen LogP contribution in [0.25, 0.3) is 0 Å². The molecule has 20 heavy (non-hydrogen) atoms. The Kier molecular flexibility index (Phi) is 3.42. The first kappa shape index (κ1) is 13.4. The maximum Gasteiger partial charge on any atom is 0.257 e. The molecule has 1 saturated heterocycles. The third kappa shape index (κ3) is 2.18. The average molecular weight is 292 g/mol. The molecule has 1 atom stereocenters. The molecular weight excluding hydrogens is 274 g/mol. The van der Waals surface area contributed by atoms with E-state index in [9.17, 15) is 4.79 Å². The van der Waals surface area contributed by atoms with E-state index in [1.54, 1.807) is 0 Å². The summed E-state index contributed by atoms with van der Waals surface area (Å²) in [6, 6.07) is 7.51. The molecule has 1 aliphatic heterocycles. The van der Waals surface area contributed by atoms with Crippen LogP contribution in [0.3, 0.4) is 0 Å². The summed E-state index contributed by atoms with van der Waals surface area (Å²) in [4.78, 5) is 16.9. The molecule has 1 heterocycles. The summed E-state index contributed by atoms with van der Waals surface area (Å²) in [5.41, 5.74) is 0.292. The van der Waals surface area contributed by atoms with Gasteiger partial charge in [-0.1, -0.05) is 30.7 Å². The van der Waals surface area contributed by atoms with Crippen molar-refractivity contribution in [1.29, 1.82) is 0 Å². The van der Waals surface area contributed by atoms with E-state index in [0.29, 0.717) is 23.4 Å². The minimum Gasteiger partial charge on any atom is -0.338 e. The summed E-state index contributed by atoms with van der Waals surface area (Å²) in [5, 5.41) is 6.89. The standard InChI is InChI=1S/C15H18ClN3O/c1-2-9-17-14-18-13(20)15(19-14,10-3-4-10)11-5-7-12(16)8-6-11/h5-8,10H,2-4,9H2,1H3,(H2,17,18,19,20). The van der Waals surface area contributed by atoms with E-state index >= 15 is 0 Å². The number of nitrogens with zero attached hydrogens (tertiary/aromatic N) is 1. The Morgan fingerprint density at radius 1 is 1.35 bits per heavy atom. The lowest BCUT2D eigenvalue weighted by Crippen LogP contribution is -2.46. The lowest BCUT2D eigenvalue weighted by atomic mass is 9.85. The molecule has 1 aromatic carbocycles. The number of benzene rings is 1. The Morgan fingerprint density at radius 2 is 2.05 bits per heavy atom. The van der Waals surface area contributed by atoms with Gasteiger partial charge in [-0.05, 0) is 42.9 Å². The lowest BCUT2D eigenvalue weighted by Gasteiger charge is -2.27. The third-order valence-electron chi connectivity index (χ3n) is 3.89. The minimum absolute atomic E-state index is 0.00262. The maximum atomic E-state index is 12.5. The van der Waals surface area contributed by atoms with Gasteiger partial charge in [0.05, 0.1) is 0 Å². The maximum absolute atomic E-state index is 12.5. The van der Waals surface area contributed by atoms with Gasteiger partial charge in [-0.25, -0.2) is 0 Å². The van der Waals surface area contributed by atoms with Crippen LogP contribution in [0.2, 0.25) is 5.02 Å². The molecule has 1 saturated carbocycles. The van der Waals surface area contributed by atoms with Crippen LogP contribution in [0.1, 0.15) is 31.7 Å². The molecule has 1 aliphatic carbocycles. The van der Waals surface area contributed by atoms with Crippen molar-refractivity contribution < 1.29 is 4.79 Å². The van der Waals surface area contributed by atoms with Crippen LogP contribution in [0.5, 0.6) is 0 Å². The predicted octanol–water partition coefficient (Wildman–Crippen LogP) is 2.43. The van der Waals surface area contributed by atoms with E-state index in [2.05, 4.69) is 22.5 Å². The van der Waals surface area contributed by atoms with Crippen LogP contribution in [-0.4, -0.2) is 18.4 Å². The summed E-state index contributed by atoms with van der Waals surface area (Å²) < 4.78 is 0. The quantitative estimate of drug-likeness (QED) is 0.895. The van der Waals surface area contributed by atoms with Gasteiger partial charge in [0.2, 0.25) is 0 Å². The number of guanidine groups is 1. The van der Waals surface area contributed by atoms with Gasteiger partial charge in [-0.2, -0.15) is 0 Å². The summed E-state index contributed by atoms with van der Waals surface area (Å²) in [5.74, 6) is 0.925. The Bertz CT molecular complexity index is 551. The first-order chi connectivity index (χ1) is 9.66. The molecule has 1 unspecified atom stereocenters. The lowest BCUT2D eigenvalue weighted by molar-refractivity contribution is -0.125. The molecule has 2 fully saturated rings. The van der Waals surface area contributed by atoms with Crippen molar-refractivity contribution in [3.8, 4) is 0 Å². The van der Waals surface area contributed by atoms with Crippen LogP contribution in [0.15, 0.2) is 29.3 Å². The van der Waals surface area contributed by atoms with Crippen molar-refractivity contribution in [2.24, 2.45) is 10.9 Å².